The highest BCUT2D eigenvalue weighted by atomic mass is 35.5. The van der Waals surface area contributed by atoms with Crippen molar-refractivity contribution in [3.63, 3.8) is 0 Å². The van der Waals surface area contributed by atoms with Gasteiger partial charge in [-0.15, -0.1) is 0 Å². The van der Waals surface area contributed by atoms with Gasteiger partial charge < -0.3 is 10.1 Å². The molecule has 1 heterocycles. The molecule has 1 fully saturated rings. The fourth-order valence-corrected chi connectivity index (χ4v) is 3.90. The minimum Gasteiger partial charge on any atom is -0.449 e. The number of halogens is 2. The minimum atomic E-state index is -0.564. The highest BCUT2D eigenvalue weighted by Gasteiger charge is 2.32. The van der Waals surface area contributed by atoms with Gasteiger partial charge in [0.25, 0.3) is 5.91 Å². The van der Waals surface area contributed by atoms with Crippen LogP contribution in [0.25, 0.3) is 6.08 Å². The molecule has 0 radical (unpaired) electrons. The van der Waals surface area contributed by atoms with Crippen LogP contribution in [0.1, 0.15) is 31.2 Å². The first-order valence-electron chi connectivity index (χ1n) is 9.57. The summed E-state index contributed by atoms with van der Waals surface area (Å²) in [5.41, 5.74) is 0.558. The largest absolute Gasteiger partial charge is 0.449 e. The zero-order valence-electron chi connectivity index (χ0n) is 15.7. The molecule has 1 saturated carbocycles. The molecule has 2 aliphatic rings. The Bertz CT molecular complexity index is 966. The highest BCUT2D eigenvalue weighted by molar-refractivity contribution is 6.32. The molecule has 150 valence electrons. The predicted octanol–water partition coefficient (Wildman–Crippen LogP) is 4.30. The Hall–Kier alpha value is -2.86. The van der Waals surface area contributed by atoms with Gasteiger partial charge in [-0.1, -0.05) is 42.6 Å². The molecule has 2 aromatic carbocycles. The number of carbonyl (C=O) groups excluding carboxylic acids is 2. The number of fused-ring (bicyclic) bond motifs is 1. The number of ether oxygens (including phenoxy) is 1. The molecule has 0 bridgehead atoms. The number of para-hydroxylation sites is 2. The molecule has 7 heteroatoms. The van der Waals surface area contributed by atoms with E-state index in [0.29, 0.717) is 11.4 Å². The first-order chi connectivity index (χ1) is 14.0. The molecule has 5 nitrogen and oxygen atoms in total. The second-order valence-corrected chi connectivity index (χ2v) is 7.56. The van der Waals surface area contributed by atoms with Gasteiger partial charge in [0.05, 0.1) is 10.7 Å². The molecule has 1 aliphatic carbocycles. The van der Waals surface area contributed by atoms with Gasteiger partial charge in [-0.2, -0.15) is 0 Å². The fraction of sp³-hybridized carbons (Fsp3) is 0.273. The van der Waals surface area contributed by atoms with Crippen LogP contribution in [0.4, 0.5) is 10.1 Å². The van der Waals surface area contributed by atoms with E-state index < -0.39 is 11.7 Å². The van der Waals surface area contributed by atoms with Crippen LogP contribution >= 0.6 is 11.6 Å². The zero-order chi connectivity index (χ0) is 20.4. The summed E-state index contributed by atoms with van der Waals surface area (Å²) < 4.78 is 19.9. The lowest BCUT2D eigenvalue weighted by Gasteiger charge is -2.30. The van der Waals surface area contributed by atoms with Gasteiger partial charge >= 0.3 is 0 Å². The maximum Gasteiger partial charge on any atom is 0.294 e. The third-order valence-electron chi connectivity index (χ3n) is 5.13. The smallest absolute Gasteiger partial charge is 0.294 e. The quantitative estimate of drug-likeness (QED) is 0.758. The summed E-state index contributed by atoms with van der Waals surface area (Å²) in [6.07, 6.45) is 5.38. The van der Waals surface area contributed by atoms with E-state index in [9.17, 15) is 14.0 Å². The standard InChI is InChI=1S/C22H20ClFN2O3/c23-16-8-5-9-17(24)15(16)12-20-22(28)26(18-10-3-4-11-19(18)29-20)13-21(27)25-14-6-1-2-7-14/h3-5,8-12,14H,1-2,6-7,13H2,(H,25,27). The number of anilines is 1. The van der Waals surface area contributed by atoms with E-state index in [0.717, 1.165) is 25.7 Å². The van der Waals surface area contributed by atoms with Crippen LogP contribution in [0, 0.1) is 5.82 Å². The Morgan fingerprint density at radius 1 is 1.21 bits per heavy atom. The van der Waals surface area contributed by atoms with Crippen molar-refractivity contribution in [2.24, 2.45) is 0 Å². The molecule has 1 aliphatic heterocycles. The lowest BCUT2D eigenvalue weighted by Crippen LogP contribution is -2.46. The monoisotopic (exact) mass is 414 g/mol. The van der Waals surface area contributed by atoms with E-state index >= 15 is 0 Å². The number of hydrogen-bond donors (Lipinski definition) is 1. The second kappa shape index (κ2) is 8.25. The van der Waals surface area contributed by atoms with Gasteiger partial charge in [0.2, 0.25) is 5.91 Å². The van der Waals surface area contributed by atoms with Crippen molar-refractivity contribution in [3.05, 3.63) is 64.6 Å². The first-order valence-corrected chi connectivity index (χ1v) is 9.94. The number of benzene rings is 2. The molecular formula is C22H20ClFN2O3. The van der Waals surface area contributed by atoms with Crippen LogP contribution in [0.3, 0.4) is 0 Å². The third kappa shape index (κ3) is 4.12. The van der Waals surface area contributed by atoms with Crippen molar-refractivity contribution < 1.29 is 18.7 Å². The van der Waals surface area contributed by atoms with E-state index in [1.54, 1.807) is 24.3 Å². The summed E-state index contributed by atoms with van der Waals surface area (Å²) in [5.74, 6) is -0.996. The lowest BCUT2D eigenvalue weighted by atomic mass is 10.1. The average Bonchev–Trinajstić information content (AvgIpc) is 3.20. The van der Waals surface area contributed by atoms with Gasteiger partial charge in [0, 0.05) is 11.6 Å². The van der Waals surface area contributed by atoms with Gasteiger partial charge in [0.15, 0.2) is 11.5 Å². The number of amides is 2. The van der Waals surface area contributed by atoms with Crippen LogP contribution in [-0.4, -0.2) is 24.4 Å². The van der Waals surface area contributed by atoms with Crippen molar-refractivity contribution >= 4 is 35.2 Å². The molecule has 29 heavy (non-hydrogen) atoms. The van der Waals surface area contributed by atoms with Gasteiger partial charge in [-0.25, -0.2) is 4.39 Å². The molecule has 0 atom stereocenters. The van der Waals surface area contributed by atoms with Gasteiger partial charge in [0.1, 0.15) is 12.4 Å². The molecule has 2 aromatic rings. The zero-order valence-corrected chi connectivity index (χ0v) is 16.4. The summed E-state index contributed by atoms with van der Waals surface area (Å²) in [5, 5.41) is 3.15. The third-order valence-corrected chi connectivity index (χ3v) is 5.46. The van der Waals surface area contributed by atoms with E-state index in [2.05, 4.69) is 5.32 Å². The van der Waals surface area contributed by atoms with Gasteiger partial charge in [-0.05, 0) is 43.2 Å². The number of carbonyl (C=O) groups is 2. The van der Waals surface area contributed by atoms with Crippen molar-refractivity contribution in [3.8, 4) is 5.75 Å². The molecule has 2 amide bonds. The van der Waals surface area contributed by atoms with Gasteiger partial charge in [-0.3, -0.25) is 14.5 Å². The Balaban J connectivity index is 1.64. The number of nitrogens with zero attached hydrogens (tertiary/aromatic N) is 1. The molecule has 0 spiro atoms. The van der Waals surface area contributed by atoms with Crippen LogP contribution in [0.5, 0.6) is 5.75 Å². The van der Waals surface area contributed by atoms with E-state index in [4.69, 9.17) is 16.3 Å². The normalized spacial score (nSPS) is 17.9. The molecule has 1 N–H and O–H groups in total. The topological polar surface area (TPSA) is 58.6 Å². The van der Waals surface area contributed by atoms with Crippen LogP contribution in [0.2, 0.25) is 5.02 Å². The van der Waals surface area contributed by atoms with Crippen molar-refractivity contribution in [2.45, 2.75) is 31.7 Å². The number of nitrogens with one attached hydrogen (secondary N) is 1. The summed E-state index contributed by atoms with van der Waals surface area (Å²) in [6, 6.07) is 11.4. The molecule has 0 aromatic heterocycles. The molecule has 0 unspecified atom stereocenters. The van der Waals surface area contributed by atoms with Crippen LogP contribution < -0.4 is 15.0 Å². The lowest BCUT2D eigenvalue weighted by molar-refractivity contribution is -0.123. The minimum absolute atomic E-state index is 0.0623. The SMILES string of the molecule is O=C(CN1C(=O)C(=Cc2c(F)cccc2Cl)Oc2ccccc21)NC1CCCC1. The summed E-state index contributed by atoms with van der Waals surface area (Å²) in [4.78, 5) is 27.0. The predicted molar refractivity (Wildman–Crippen MR) is 109 cm³/mol. The number of rotatable bonds is 4. The Morgan fingerprint density at radius 2 is 1.97 bits per heavy atom. The second-order valence-electron chi connectivity index (χ2n) is 7.15. The van der Waals surface area contributed by atoms with Crippen LogP contribution in [-0.2, 0) is 9.59 Å². The number of hydrogen-bond acceptors (Lipinski definition) is 3. The summed E-state index contributed by atoms with van der Waals surface area (Å²) in [7, 11) is 0. The maximum absolute atomic E-state index is 14.2. The highest BCUT2D eigenvalue weighted by Crippen LogP contribution is 2.36. The van der Waals surface area contributed by atoms with Crippen LogP contribution in [0.15, 0.2) is 48.2 Å². The maximum atomic E-state index is 14.2. The van der Waals surface area contributed by atoms with Crippen molar-refractivity contribution in [1.29, 1.82) is 0 Å². The molecule has 0 saturated heterocycles. The average molecular weight is 415 g/mol. The summed E-state index contributed by atoms with van der Waals surface area (Å²) in [6.45, 7) is -0.141. The Labute approximate surface area is 173 Å². The van der Waals surface area contributed by atoms with E-state index in [-0.39, 0.29) is 34.8 Å². The summed E-state index contributed by atoms with van der Waals surface area (Å²) >= 11 is 6.08. The fourth-order valence-electron chi connectivity index (χ4n) is 3.69. The Morgan fingerprint density at radius 3 is 2.72 bits per heavy atom. The van der Waals surface area contributed by atoms with Crippen molar-refractivity contribution in [1.82, 2.24) is 5.32 Å². The van der Waals surface area contributed by atoms with E-state index in [1.165, 1.54) is 29.2 Å². The van der Waals surface area contributed by atoms with Crippen molar-refractivity contribution in [2.75, 3.05) is 11.4 Å². The first kappa shape index (κ1) is 19.5. The molecule has 4 rings (SSSR count). The molecular weight excluding hydrogens is 395 g/mol. The van der Waals surface area contributed by atoms with E-state index in [1.807, 2.05) is 0 Å². The Kier molecular flexibility index (Phi) is 5.53.